The highest BCUT2D eigenvalue weighted by molar-refractivity contribution is 5.66. The smallest absolute Gasteiger partial charge is 0.125 e. The van der Waals surface area contributed by atoms with Crippen molar-refractivity contribution < 1.29 is 9.15 Å². The Balaban J connectivity index is 1.83. The summed E-state index contributed by atoms with van der Waals surface area (Å²) in [4.78, 5) is 0. The predicted octanol–water partition coefficient (Wildman–Crippen LogP) is 3.21. The highest BCUT2D eigenvalue weighted by Crippen LogP contribution is 2.28. The van der Waals surface area contributed by atoms with Crippen LogP contribution in [-0.2, 0) is 6.54 Å². The number of benzene rings is 1. The summed E-state index contributed by atoms with van der Waals surface area (Å²) in [7, 11) is 1.68. The molecule has 1 heterocycles. The quantitative estimate of drug-likeness (QED) is 0.875. The molecule has 1 aromatic carbocycles. The lowest BCUT2D eigenvalue weighted by Gasteiger charge is -2.06. The van der Waals surface area contributed by atoms with Gasteiger partial charge in [0.25, 0.3) is 0 Å². The largest absolute Gasteiger partial charge is 0.497 e. The van der Waals surface area contributed by atoms with Gasteiger partial charge in [0.1, 0.15) is 11.5 Å². The van der Waals surface area contributed by atoms with E-state index in [2.05, 4.69) is 11.4 Å². The van der Waals surface area contributed by atoms with Gasteiger partial charge in [-0.15, -0.1) is 0 Å². The molecule has 0 aliphatic heterocycles. The summed E-state index contributed by atoms with van der Waals surface area (Å²) >= 11 is 0. The molecule has 1 fully saturated rings. The Hall–Kier alpha value is -1.74. The maximum absolute atomic E-state index is 5.57. The third kappa shape index (κ3) is 2.41. The number of furan rings is 1. The zero-order valence-corrected chi connectivity index (χ0v) is 10.5. The minimum atomic E-state index is 0.688. The van der Waals surface area contributed by atoms with Gasteiger partial charge in [0, 0.05) is 11.6 Å². The molecule has 0 bridgehead atoms. The SMILES string of the molecule is COc1cccc(-c2ccoc2CNC2CC2)c1. The van der Waals surface area contributed by atoms with Crippen LogP contribution in [0.1, 0.15) is 18.6 Å². The van der Waals surface area contributed by atoms with E-state index in [-0.39, 0.29) is 0 Å². The van der Waals surface area contributed by atoms with E-state index >= 15 is 0 Å². The molecule has 0 amide bonds. The molecule has 94 valence electrons. The van der Waals surface area contributed by atoms with Gasteiger partial charge in [0.05, 0.1) is 19.9 Å². The van der Waals surface area contributed by atoms with Gasteiger partial charge >= 0.3 is 0 Å². The van der Waals surface area contributed by atoms with Crippen LogP contribution in [0.5, 0.6) is 5.75 Å². The van der Waals surface area contributed by atoms with Gasteiger partial charge in [-0.25, -0.2) is 0 Å². The van der Waals surface area contributed by atoms with Gasteiger partial charge in [-0.05, 0) is 36.6 Å². The van der Waals surface area contributed by atoms with E-state index in [0.717, 1.165) is 29.2 Å². The summed E-state index contributed by atoms with van der Waals surface area (Å²) in [5, 5.41) is 3.47. The first-order chi connectivity index (χ1) is 8.86. The van der Waals surface area contributed by atoms with Gasteiger partial charge in [-0.2, -0.15) is 0 Å². The molecular formula is C15H17NO2. The third-order valence-electron chi connectivity index (χ3n) is 3.25. The summed E-state index contributed by atoms with van der Waals surface area (Å²) in [5.74, 6) is 1.87. The number of methoxy groups -OCH3 is 1. The van der Waals surface area contributed by atoms with Crippen LogP contribution < -0.4 is 10.1 Å². The molecule has 3 nitrogen and oxygen atoms in total. The fourth-order valence-electron chi connectivity index (χ4n) is 2.05. The van der Waals surface area contributed by atoms with E-state index in [0.29, 0.717) is 6.04 Å². The molecular weight excluding hydrogens is 226 g/mol. The first-order valence-electron chi connectivity index (χ1n) is 6.31. The summed E-state index contributed by atoms with van der Waals surface area (Å²) in [6, 6.07) is 10.8. The van der Waals surface area contributed by atoms with Crippen LogP contribution in [-0.4, -0.2) is 13.2 Å². The summed E-state index contributed by atoms with van der Waals surface area (Å²) in [5.41, 5.74) is 2.28. The Morgan fingerprint density at radius 1 is 1.33 bits per heavy atom. The van der Waals surface area contributed by atoms with Crippen LogP contribution in [0.3, 0.4) is 0 Å². The average Bonchev–Trinajstić information content (AvgIpc) is 3.13. The van der Waals surface area contributed by atoms with Crippen molar-refractivity contribution in [1.29, 1.82) is 0 Å². The van der Waals surface area contributed by atoms with E-state index in [4.69, 9.17) is 9.15 Å². The molecule has 1 aliphatic carbocycles. The molecule has 0 atom stereocenters. The standard InChI is InChI=1S/C15H17NO2/c1-17-13-4-2-3-11(9-13)14-7-8-18-15(14)10-16-12-5-6-12/h2-4,7-9,12,16H,5-6,10H2,1H3. The van der Waals surface area contributed by atoms with Crippen molar-refractivity contribution in [3.05, 3.63) is 42.4 Å². The molecule has 0 radical (unpaired) electrons. The van der Waals surface area contributed by atoms with E-state index in [1.54, 1.807) is 13.4 Å². The minimum absolute atomic E-state index is 0.688. The van der Waals surface area contributed by atoms with Crippen molar-refractivity contribution in [3.63, 3.8) is 0 Å². The van der Waals surface area contributed by atoms with Crippen molar-refractivity contribution in [2.75, 3.05) is 7.11 Å². The molecule has 3 rings (SSSR count). The van der Waals surface area contributed by atoms with Crippen molar-refractivity contribution in [2.45, 2.75) is 25.4 Å². The van der Waals surface area contributed by atoms with Crippen LogP contribution in [0.4, 0.5) is 0 Å². The molecule has 1 saturated carbocycles. The Morgan fingerprint density at radius 3 is 3.00 bits per heavy atom. The highest BCUT2D eigenvalue weighted by Gasteiger charge is 2.21. The highest BCUT2D eigenvalue weighted by atomic mass is 16.5. The fraction of sp³-hybridized carbons (Fsp3) is 0.333. The molecule has 0 spiro atoms. The zero-order chi connectivity index (χ0) is 12.4. The summed E-state index contributed by atoms with van der Waals surface area (Å²) < 4.78 is 10.8. The molecule has 3 heteroatoms. The van der Waals surface area contributed by atoms with Crippen LogP contribution in [0.25, 0.3) is 11.1 Å². The second kappa shape index (κ2) is 4.86. The fourth-order valence-corrected chi connectivity index (χ4v) is 2.05. The lowest BCUT2D eigenvalue weighted by molar-refractivity contribution is 0.415. The van der Waals surface area contributed by atoms with Gasteiger partial charge in [-0.3, -0.25) is 0 Å². The maximum Gasteiger partial charge on any atom is 0.125 e. The monoisotopic (exact) mass is 243 g/mol. The van der Waals surface area contributed by atoms with E-state index in [1.165, 1.54) is 12.8 Å². The van der Waals surface area contributed by atoms with Gasteiger partial charge < -0.3 is 14.5 Å². The number of hydrogen-bond acceptors (Lipinski definition) is 3. The van der Waals surface area contributed by atoms with Crippen LogP contribution in [0, 0.1) is 0 Å². The predicted molar refractivity (Wildman–Crippen MR) is 70.6 cm³/mol. The number of rotatable bonds is 5. The van der Waals surface area contributed by atoms with Crippen molar-refractivity contribution in [1.82, 2.24) is 5.32 Å². The second-order valence-corrected chi connectivity index (χ2v) is 4.64. The van der Waals surface area contributed by atoms with E-state index in [1.807, 2.05) is 24.3 Å². The first kappa shape index (κ1) is 11.4. The lowest BCUT2D eigenvalue weighted by Crippen LogP contribution is -2.15. The Kier molecular flexibility index (Phi) is 3.07. The first-order valence-corrected chi connectivity index (χ1v) is 6.31. The van der Waals surface area contributed by atoms with E-state index in [9.17, 15) is 0 Å². The topological polar surface area (TPSA) is 34.4 Å². The van der Waals surface area contributed by atoms with Crippen molar-refractivity contribution in [2.24, 2.45) is 0 Å². The average molecular weight is 243 g/mol. The minimum Gasteiger partial charge on any atom is -0.497 e. The molecule has 0 saturated heterocycles. The Morgan fingerprint density at radius 2 is 2.22 bits per heavy atom. The Labute approximate surface area is 107 Å². The van der Waals surface area contributed by atoms with Crippen LogP contribution in [0.2, 0.25) is 0 Å². The molecule has 1 aliphatic rings. The lowest BCUT2D eigenvalue weighted by atomic mass is 10.1. The second-order valence-electron chi connectivity index (χ2n) is 4.64. The van der Waals surface area contributed by atoms with Crippen molar-refractivity contribution in [3.8, 4) is 16.9 Å². The van der Waals surface area contributed by atoms with Crippen LogP contribution >= 0.6 is 0 Å². The normalized spacial score (nSPS) is 14.7. The van der Waals surface area contributed by atoms with Gasteiger partial charge in [0.15, 0.2) is 0 Å². The van der Waals surface area contributed by atoms with Crippen LogP contribution in [0.15, 0.2) is 41.0 Å². The number of hydrogen-bond donors (Lipinski definition) is 1. The summed E-state index contributed by atoms with van der Waals surface area (Å²) in [6.45, 7) is 0.796. The number of ether oxygens (including phenoxy) is 1. The molecule has 2 aromatic rings. The number of nitrogens with one attached hydrogen (secondary N) is 1. The third-order valence-corrected chi connectivity index (χ3v) is 3.25. The van der Waals surface area contributed by atoms with Crippen molar-refractivity contribution >= 4 is 0 Å². The maximum atomic E-state index is 5.57. The van der Waals surface area contributed by atoms with Gasteiger partial charge in [-0.1, -0.05) is 12.1 Å². The zero-order valence-electron chi connectivity index (χ0n) is 10.5. The van der Waals surface area contributed by atoms with Gasteiger partial charge in [0.2, 0.25) is 0 Å². The molecule has 18 heavy (non-hydrogen) atoms. The van der Waals surface area contributed by atoms with E-state index < -0.39 is 0 Å². The molecule has 0 unspecified atom stereocenters. The molecule has 1 aromatic heterocycles. The Bertz CT molecular complexity index is 529. The molecule has 1 N–H and O–H groups in total. The summed E-state index contributed by atoms with van der Waals surface area (Å²) in [6.07, 6.45) is 4.32.